The molecule has 2 aromatic rings. The maximum atomic E-state index is 11.9. The Hall–Kier alpha value is -2.03. The second-order valence-electron chi connectivity index (χ2n) is 6.62. The Morgan fingerprint density at radius 3 is 2.70 bits per heavy atom. The number of likely N-dealkylation sites (N-methyl/N-ethyl adjacent to an activating group) is 1. The van der Waals surface area contributed by atoms with Gasteiger partial charge in [-0.3, -0.25) is 4.79 Å². The highest BCUT2D eigenvalue weighted by Crippen LogP contribution is 2.18. The van der Waals surface area contributed by atoms with Crippen molar-refractivity contribution in [2.75, 3.05) is 33.7 Å². The minimum atomic E-state index is -0.00672. The van der Waals surface area contributed by atoms with Gasteiger partial charge in [-0.2, -0.15) is 0 Å². The van der Waals surface area contributed by atoms with Gasteiger partial charge in [0.15, 0.2) is 5.96 Å². The third-order valence-corrected chi connectivity index (χ3v) is 4.53. The molecule has 1 N–H and O–H groups in total. The van der Waals surface area contributed by atoms with Crippen LogP contribution >= 0.6 is 24.0 Å². The van der Waals surface area contributed by atoms with Crippen LogP contribution in [0.25, 0.3) is 0 Å². The van der Waals surface area contributed by atoms with E-state index in [4.69, 9.17) is 4.42 Å². The largest absolute Gasteiger partial charge is 0.469 e. The maximum Gasteiger partial charge on any atom is 0.243 e. The van der Waals surface area contributed by atoms with E-state index >= 15 is 0 Å². The van der Waals surface area contributed by atoms with E-state index < -0.39 is 0 Å². The SMILES string of the molecule is CN(C)C(=O)CN=C(NCCc1ccco1)N1CCc2ccccc2C1.I. The summed E-state index contributed by atoms with van der Waals surface area (Å²) < 4.78 is 5.38. The molecule has 0 spiro atoms. The van der Waals surface area contributed by atoms with Crippen molar-refractivity contribution < 1.29 is 9.21 Å². The van der Waals surface area contributed by atoms with Gasteiger partial charge in [-0.15, -0.1) is 24.0 Å². The van der Waals surface area contributed by atoms with Gasteiger partial charge in [0.2, 0.25) is 5.91 Å². The lowest BCUT2D eigenvalue weighted by molar-refractivity contribution is -0.127. The van der Waals surface area contributed by atoms with Crippen LogP contribution in [-0.4, -0.2) is 55.4 Å². The van der Waals surface area contributed by atoms with Crippen molar-refractivity contribution in [3.63, 3.8) is 0 Å². The molecule has 1 aliphatic rings. The number of benzene rings is 1. The number of nitrogens with zero attached hydrogens (tertiary/aromatic N) is 3. The topological polar surface area (TPSA) is 61.1 Å². The van der Waals surface area contributed by atoms with Crippen LogP contribution in [0.15, 0.2) is 52.1 Å². The third kappa shape index (κ3) is 5.98. The monoisotopic (exact) mass is 482 g/mol. The van der Waals surface area contributed by atoms with Gasteiger partial charge in [0.1, 0.15) is 12.3 Å². The number of halogens is 1. The zero-order valence-electron chi connectivity index (χ0n) is 15.9. The van der Waals surface area contributed by atoms with E-state index in [9.17, 15) is 4.79 Å². The molecule has 1 aromatic heterocycles. The molecule has 1 aromatic carbocycles. The summed E-state index contributed by atoms with van der Waals surface area (Å²) in [5.41, 5.74) is 2.71. The zero-order valence-corrected chi connectivity index (χ0v) is 18.2. The van der Waals surface area contributed by atoms with Gasteiger partial charge in [-0.1, -0.05) is 24.3 Å². The van der Waals surface area contributed by atoms with E-state index in [2.05, 4.69) is 39.5 Å². The van der Waals surface area contributed by atoms with Crippen LogP contribution in [0.5, 0.6) is 0 Å². The Kier molecular flexibility index (Phi) is 8.15. The van der Waals surface area contributed by atoms with E-state index in [1.807, 2.05) is 12.1 Å². The Morgan fingerprint density at radius 2 is 2.00 bits per heavy atom. The second-order valence-corrected chi connectivity index (χ2v) is 6.62. The Labute approximate surface area is 177 Å². The van der Waals surface area contributed by atoms with Crippen LogP contribution in [0.4, 0.5) is 0 Å². The average molecular weight is 482 g/mol. The van der Waals surface area contributed by atoms with E-state index in [1.54, 1.807) is 25.3 Å². The first-order chi connectivity index (χ1) is 12.6. The highest BCUT2D eigenvalue weighted by Gasteiger charge is 2.19. The highest BCUT2D eigenvalue weighted by molar-refractivity contribution is 14.0. The van der Waals surface area contributed by atoms with Crippen molar-refractivity contribution in [2.24, 2.45) is 4.99 Å². The van der Waals surface area contributed by atoms with E-state index in [1.165, 1.54) is 11.1 Å². The van der Waals surface area contributed by atoms with Gasteiger partial charge >= 0.3 is 0 Å². The molecule has 0 saturated carbocycles. The lowest BCUT2D eigenvalue weighted by Gasteiger charge is -2.32. The fraction of sp³-hybridized carbons (Fsp3) is 0.400. The van der Waals surface area contributed by atoms with Crippen molar-refractivity contribution in [1.82, 2.24) is 15.1 Å². The number of amides is 1. The first kappa shape index (κ1) is 21.3. The summed E-state index contributed by atoms with van der Waals surface area (Å²) in [5, 5.41) is 3.40. The highest BCUT2D eigenvalue weighted by atomic mass is 127. The molecule has 7 heteroatoms. The number of rotatable bonds is 5. The number of carbonyl (C=O) groups excluding carboxylic acids is 1. The van der Waals surface area contributed by atoms with Crippen LogP contribution in [0.3, 0.4) is 0 Å². The zero-order chi connectivity index (χ0) is 18.4. The number of hydrogen-bond donors (Lipinski definition) is 1. The van der Waals surface area contributed by atoms with Gasteiger partial charge in [0, 0.05) is 40.2 Å². The first-order valence-electron chi connectivity index (χ1n) is 8.96. The molecule has 3 rings (SSSR count). The Balaban J connectivity index is 0.00000261. The van der Waals surface area contributed by atoms with Gasteiger partial charge < -0.3 is 19.5 Å². The van der Waals surface area contributed by atoms with E-state index in [0.717, 1.165) is 37.7 Å². The van der Waals surface area contributed by atoms with Crippen LogP contribution in [-0.2, 0) is 24.2 Å². The lowest BCUT2D eigenvalue weighted by Crippen LogP contribution is -2.45. The van der Waals surface area contributed by atoms with Crippen molar-refractivity contribution in [2.45, 2.75) is 19.4 Å². The molecule has 2 heterocycles. The van der Waals surface area contributed by atoms with Crippen LogP contribution < -0.4 is 5.32 Å². The summed E-state index contributed by atoms with van der Waals surface area (Å²) in [6.07, 6.45) is 3.44. The minimum absolute atomic E-state index is 0. The molecule has 27 heavy (non-hydrogen) atoms. The van der Waals surface area contributed by atoms with Gasteiger partial charge in [0.25, 0.3) is 0 Å². The third-order valence-electron chi connectivity index (χ3n) is 4.53. The minimum Gasteiger partial charge on any atom is -0.469 e. The van der Waals surface area contributed by atoms with Crippen LogP contribution in [0, 0.1) is 0 Å². The van der Waals surface area contributed by atoms with Gasteiger partial charge in [-0.25, -0.2) is 4.99 Å². The van der Waals surface area contributed by atoms with Crippen molar-refractivity contribution in [3.8, 4) is 0 Å². The molecule has 0 unspecified atom stereocenters. The predicted molar refractivity (Wildman–Crippen MR) is 117 cm³/mol. The quantitative estimate of drug-likeness (QED) is 0.405. The Morgan fingerprint density at radius 1 is 1.22 bits per heavy atom. The predicted octanol–water partition coefficient (Wildman–Crippen LogP) is 2.53. The van der Waals surface area contributed by atoms with Gasteiger partial charge in [0.05, 0.1) is 6.26 Å². The van der Waals surface area contributed by atoms with E-state index in [0.29, 0.717) is 6.54 Å². The molecule has 0 aliphatic carbocycles. The molecule has 1 aliphatic heterocycles. The Bertz CT molecular complexity index is 759. The lowest BCUT2D eigenvalue weighted by atomic mass is 10.0. The number of carbonyl (C=O) groups is 1. The number of nitrogens with one attached hydrogen (secondary N) is 1. The molecule has 146 valence electrons. The average Bonchev–Trinajstić information content (AvgIpc) is 3.17. The number of fused-ring (bicyclic) bond motifs is 1. The van der Waals surface area contributed by atoms with Crippen molar-refractivity contribution in [3.05, 3.63) is 59.5 Å². The summed E-state index contributed by atoms with van der Waals surface area (Å²) in [7, 11) is 3.50. The summed E-state index contributed by atoms with van der Waals surface area (Å²) in [5.74, 6) is 1.71. The number of aliphatic imine (C=N–C) groups is 1. The van der Waals surface area contributed by atoms with Crippen LogP contribution in [0.1, 0.15) is 16.9 Å². The maximum absolute atomic E-state index is 11.9. The van der Waals surface area contributed by atoms with Crippen LogP contribution in [0.2, 0.25) is 0 Å². The molecule has 0 bridgehead atoms. The fourth-order valence-electron chi connectivity index (χ4n) is 2.98. The summed E-state index contributed by atoms with van der Waals surface area (Å²) in [6.45, 7) is 2.55. The first-order valence-corrected chi connectivity index (χ1v) is 8.96. The molecule has 0 fully saturated rings. The summed E-state index contributed by atoms with van der Waals surface area (Å²) >= 11 is 0. The standard InChI is InChI=1S/C20H26N4O2.HI/c1-23(2)19(25)14-22-20(21-11-9-18-8-5-13-26-18)24-12-10-16-6-3-4-7-17(16)15-24;/h3-8,13H,9-12,14-15H2,1-2H3,(H,21,22);1H. The molecule has 0 radical (unpaired) electrons. The van der Waals surface area contributed by atoms with Gasteiger partial charge in [-0.05, 0) is 29.7 Å². The number of hydrogen-bond acceptors (Lipinski definition) is 3. The number of guanidine groups is 1. The van der Waals surface area contributed by atoms with E-state index in [-0.39, 0.29) is 36.4 Å². The summed E-state index contributed by atoms with van der Waals surface area (Å²) in [4.78, 5) is 20.3. The molecular formula is C20H27IN4O2. The smallest absolute Gasteiger partial charge is 0.243 e. The molecule has 0 saturated heterocycles. The summed E-state index contributed by atoms with van der Waals surface area (Å²) in [6, 6.07) is 12.4. The fourth-order valence-corrected chi connectivity index (χ4v) is 2.98. The normalized spacial score (nSPS) is 13.6. The molecule has 6 nitrogen and oxygen atoms in total. The second kappa shape index (κ2) is 10.3. The van der Waals surface area contributed by atoms with Crippen molar-refractivity contribution >= 4 is 35.8 Å². The molecule has 0 atom stereocenters. The van der Waals surface area contributed by atoms with Crippen molar-refractivity contribution in [1.29, 1.82) is 0 Å². The number of furan rings is 1. The molecular weight excluding hydrogens is 455 g/mol. The molecule has 1 amide bonds.